The van der Waals surface area contributed by atoms with Gasteiger partial charge in [-0.3, -0.25) is 0 Å². The van der Waals surface area contributed by atoms with Gasteiger partial charge in [-0.1, -0.05) is 0 Å². The second kappa shape index (κ2) is 3.90. The van der Waals surface area contributed by atoms with E-state index in [1.807, 2.05) is 0 Å². The van der Waals surface area contributed by atoms with Gasteiger partial charge in [0.05, 0.1) is 19.2 Å². The van der Waals surface area contributed by atoms with Gasteiger partial charge in [-0.25, -0.2) is 8.78 Å². The van der Waals surface area contributed by atoms with E-state index in [2.05, 4.69) is 0 Å². The van der Waals surface area contributed by atoms with Crippen LogP contribution in [0, 0.1) is 0 Å². The summed E-state index contributed by atoms with van der Waals surface area (Å²) < 4.78 is 26.4. The van der Waals surface area contributed by atoms with Crippen LogP contribution in [0.3, 0.4) is 0 Å². The van der Waals surface area contributed by atoms with Crippen molar-refractivity contribution in [3.05, 3.63) is 24.3 Å². The highest BCUT2D eigenvalue weighted by Gasteiger charge is 2.44. The molecule has 0 bridgehead atoms. The van der Waals surface area contributed by atoms with Gasteiger partial charge < -0.3 is 15.7 Å². The van der Waals surface area contributed by atoms with Crippen LogP contribution in [-0.2, 0) is 0 Å². The van der Waals surface area contributed by atoms with Crippen molar-refractivity contribution < 1.29 is 13.9 Å². The van der Waals surface area contributed by atoms with Crippen molar-refractivity contribution in [1.29, 1.82) is 0 Å². The monoisotopic (exact) mass is 228 g/mol. The zero-order chi connectivity index (χ0) is 11.8. The Bertz CT molecular complexity index is 367. The number of halogens is 2. The average molecular weight is 228 g/mol. The molecule has 1 aromatic rings. The number of aliphatic hydroxyl groups is 1. The lowest BCUT2D eigenvalue weighted by Gasteiger charge is -2.24. The maximum absolute atomic E-state index is 13.2. The first-order valence-corrected chi connectivity index (χ1v) is 5.13. The SMILES string of the molecule is Nc1ccc(N2CC(F)(F)C[C@H]2CO)cc1. The molecule has 0 aliphatic carbocycles. The first kappa shape index (κ1) is 11.1. The molecular formula is C11H14F2N2O. The molecule has 16 heavy (non-hydrogen) atoms. The fraction of sp³-hybridized carbons (Fsp3) is 0.455. The van der Waals surface area contributed by atoms with Gasteiger partial charge in [-0.2, -0.15) is 0 Å². The maximum atomic E-state index is 13.2. The summed E-state index contributed by atoms with van der Waals surface area (Å²) in [5.41, 5.74) is 6.79. The summed E-state index contributed by atoms with van der Waals surface area (Å²) in [5.74, 6) is -2.73. The van der Waals surface area contributed by atoms with Crippen LogP contribution in [-0.4, -0.2) is 30.2 Å². The number of anilines is 2. The van der Waals surface area contributed by atoms with E-state index in [0.29, 0.717) is 11.4 Å². The molecule has 5 heteroatoms. The van der Waals surface area contributed by atoms with Crippen molar-refractivity contribution in [1.82, 2.24) is 0 Å². The molecule has 0 saturated carbocycles. The predicted octanol–water partition coefficient (Wildman–Crippen LogP) is 1.48. The van der Waals surface area contributed by atoms with Crippen LogP contribution in [0.25, 0.3) is 0 Å². The summed E-state index contributed by atoms with van der Waals surface area (Å²) in [6, 6.07) is 6.21. The van der Waals surface area contributed by atoms with Gasteiger partial charge in [0, 0.05) is 17.8 Å². The first-order chi connectivity index (χ1) is 7.52. The summed E-state index contributed by atoms with van der Waals surface area (Å²) in [7, 11) is 0. The van der Waals surface area contributed by atoms with Crippen LogP contribution in [0.2, 0.25) is 0 Å². The lowest BCUT2D eigenvalue weighted by molar-refractivity contribution is 0.0201. The molecule has 1 aromatic carbocycles. The van der Waals surface area contributed by atoms with Crippen LogP contribution in [0.1, 0.15) is 6.42 Å². The number of hydrogen-bond donors (Lipinski definition) is 2. The quantitative estimate of drug-likeness (QED) is 0.754. The standard InChI is InChI=1S/C11H14F2N2O/c12-11(13)5-10(6-16)15(7-11)9-3-1-8(14)2-4-9/h1-4,10,16H,5-7,14H2/t10-/m0/s1. The number of aliphatic hydroxyl groups excluding tert-OH is 1. The summed E-state index contributed by atoms with van der Waals surface area (Å²) in [6.07, 6.45) is -0.298. The van der Waals surface area contributed by atoms with E-state index in [1.165, 1.54) is 4.90 Å². The molecule has 1 atom stereocenters. The Morgan fingerprint density at radius 1 is 1.38 bits per heavy atom. The molecular weight excluding hydrogens is 214 g/mol. The molecule has 0 radical (unpaired) electrons. The van der Waals surface area contributed by atoms with E-state index in [0.717, 1.165) is 0 Å². The van der Waals surface area contributed by atoms with Crippen molar-refractivity contribution in [2.45, 2.75) is 18.4 Å². The normalized spacial score (nSPS) is 23.7. The largest absolute Gasteiger partial charge is 0.399 e. The molecule has 1 aliphatic rings. The highest BCUT2D eigenvalue weighted by molar-refractivity contribution is 5.54. The summed E-state index contributed by atoms with van der Waals surface area (Å²) >= 11 is 0. The molecule has 3 N–H and O–H groups in total. The van der Waals surface area contributed by atoms with Gasteiger partial charge in [-0.15, -0.1) is 0 Å². The minimum Gasteiger partial charge on any atom is -0.399 e. The fourth-order valence-electron chi connectivity index (χ4n) is 2.03. The molecule has 0 spiro atoms. The van der Waals surface area contributed by atoms with E-state index >= 15 is 0 Å². The zero-order valence-corrected chi connectivity index (χ0v) is 8.74. The predicted molar refractivity (Wildman–Crippen MR) is 58.6 cm³/mol. The minimum atomic E-state index is -2.73. The highest BCUT2D eigenvalue weighted by atomic mass is 19.3. The smallest absolute Gasteiger partial charge is 0.267 e. The van der Waals surface area contributed by atoms with E-state index in [4.69, 9.17) is 10.8 Å². The summed E-state index contributed by atoms with van der Waals surface area (Å²) in [6.45, 7) is -0.609. The Balaban J connectivity index is 2.23. The number of hydrogen-bond acceptors (Lipinski definition) is 3. The van der Waals surface area contributed by atoms with Crippen molar-refractivity contribution in [3.8, 4) is 0 Å². The number of alkyl halides is 2. The molecule has 3 nitrogen and oxygen atoms in total. The van der Waals surface area contributed by atoms with Gasteiger partial charge in [0.25, 0.3) is 5.92 Å². The number of rotatable bonds is 2. The van der Waals surface area contributed by atoms with E-state index in [9.17, 15) is 8.78 Å². The van der Waals surface area contributed by atoms with Crippen molar-refractivity contribution in [2.24, 2.45) is 0 Å². The molecule has 1 fully saturated rings. The second-order valence-corrected chi connectivity index (χ2v) is 4.12. The third kappa shape index (κ3) is 2.09. The summed E-state index contributed by atoms with van der Waals surface area (Å²) in [4.78, 5) is 1.53. The third-order valence-corrected chi connectivity index (χ3v) is 2.81. The second-order valence-electron chi connectivity index (χ2n) is 4.12. The van der Waals surface area contributed by atoms with E-state index < -0.39 is 12.0 Å². The van der Waals surface area contributed by atoms with Gasteiger partial charge in [0.1, 0.15) is 0 Å². The molecule has 0 unspecified atom stereocenters. The van der Waals surface area contributed by atoms with E-state index in [1.54, 1.807) is 24.3 Å². The van der Waals surface area contributed by atoms with Crippen molar-refractivity contribution in [3.63, 3.8) is 0 Å². The molecule has 1 saturated heterocycles. The van der Waals surface area contributed by atoms with Crippen LogP contribution in [0.5, 0.6) is 0 Å². The lowest BCUT2D eigenvalue weighted by atomic mass is 10.2. The maximum Gasteiger partial charge on any atom is 0.267 e. The molecule has 88 valence electrons. The molecule has 2 rings (SSSR count). The fourth-order valence-corrected chi connectivity index (χ4v) is 2.03. The van der Waals surface area contributed by atoms with Crippen LogP contribution in [0.15, 0.2) is 24.3 Å². The summed E-state index contributed by atoms with van der Waals surface area (Å²) in [5, 5.41) is 9.08. The highest BCUT2D eigenvalue weighted by Crippen LogP contribution is 2.35. The Labute approximate surface area is 92.5 Å². The van der Waals surface area contributed by atoms with Crippen LogP contribution in [0.4, 0.5) is 20.2 Å². The number of nitrogen functional groups attached to an aromatic ring is 1. The van der Waals surface area contributed by atoms with Crippen LogP contribution >= 0.6 is 0 Å². The van der Waals surface area contributed by atoms with Crippen molar-refractivity contribution in [2.75, 3.05) is 23.8 Å². The molecule has 1 heterocycles. The molecule has 0 amide bonds. The Hall–Kier alpha value is -1.36. The van der Waals surface area contributed by atoms with Crippen molar-refractivity contribution >= 4 is 11.4 Å². The lowest BCUT2D eigenvalue weighted by Crippen LogP contribution is -2.32. The number of nitrogens with two attached hydrogens (primary N) is 1. The Kier molecular flexibility index (Phi) is 2.71. The molecule has 1 aliphatic heterocycles. The van der Waals surface area contributed by atoms with Crippen LogP contribution < -0.4 is 10.6 Å². The number of benzene rings is 1. The average Bonchev–Trinajstić information content (AvgIpc) is 2.55. The van der Waals surface area contributed by atoms with Gasteiger partial charge in [-0.05, 0) is 24.3 Å². The third-order valence-electron chi connectivity index (χ3n) is 2.81. The molecule has 0 aromatic heterocycles. The van der Waals surface area contributed by atoms with Gasteiger partial charge in [0.2, 0.25) is 0 Å². The topological polar surface area (TPSA) is 49.5 Å². The zero-order valence-electron chi connectivity index (χ0n) is 8.74. The Morgan fingerprint density at radius 2 is 2.00 bits per heavy atom. The minimum absolute atomic E-state index is 0.264. The number of nitrogens with zero attached hydrogens (tertiary/aromatic N) is 1. The first-order valence-electron chi connectivity index (χ1n) is 5.13. The Morgan fingerprint density at radius 3 is 2.56 bits per heavy atom. The van der Waals surface area contributed by atoms with Gasteiger partial charge >= 0.3 is 0 Å². The van der Waals surface area contributed by atoms with Gasteiger partial charge in [0.15, 0.2) is 0 Å². The van der Waals surface area contributed by atoms with E-state index in [-0.39, 0.29) is 19.6 Å².